The van der Waals surface area contributed by atoms with E-state index in [9.17, 15) is 9.59 Å². The van der Waals surface area contributed by atoms with Gasteiger partial charge in [-0.25, -0.2) is 0 Å². The predicted molar refractivity (Wildman–Crippen MR) is 73.9 cm³/mol. The molecule has 0 aliphatic rings. The third-order valence-corrected chi connectivity index (χ3v) is 3.62. The molecule has 0 aliphatic carbocycles. The Morgan fingerprint density at radius 1 is 1.28 bits per heavy atom. The van der Waals surface area contributed by atoms with Gasteiger partial charge < -0.3 is 5.11 Å². The fourth-order valence-corrected chi connectivity index (χ4v) is 2.15. The molecule has 0 unspecified atom stereocenters. The van der Waals surface area contributed by atoms with Gasteiger partial charge in [0.05, 0.1) is 6.42 Å². The van der Waals surface area contributed by atoms with E-state index >= 15 is 0 Å². The normalized spacial score (nSPS) is 11.3. The highest BCUT2D eigenvalue weighted by Gasteiger charge is 2.25. The number of carbonyl (C=O) groups is 2. The number of ketones is 1. The first-order chi connectivity index (χ1) is 8.21. The van der Waals surface area contributed by atoms with Gasteiger partial charge in [-0.15, -0.1) is 0 Å². The molecule has 0 bridgehead atoms. The van der Waals surface area contributed by atoms with E-state index < -0.39 is 11.4 Å². The van der Waals surface area contributed by atoms with E-state index in [-0.39, 0.29) is 18.6 Å². The second kappa shape index (κ2) is 5.65. The van der Waals surface area contributed by atoms with Crippen LogP contribution < -0.4 is 0 Å². The second-order valence-electron chi connectivity index (χ2n) is 5.30. The first-order valence-electron chi connectivity index (χ1n) is 5.72. The van der Waals surface area contributed by atoms with Crippen molar-refractivity contribution in [2.45, 2.75) is 33.6 Å². The van der Waals surface area contributed by atoms with Gasteiger partial charge in [-0.1, -0.05) is 41.9 Å². The van der Waals surface area contributed by atoms with Crippen LogP contribution in [0.3, 0.4) is 0 Å². The van der Waals surface area contributed by atoms with Crippen LogP contribution in [0, 0.1) is 12.3 Å². The molecule has 0 aliphatic heterocycles. The van der Waals surface area contributed by atoms with E-state index in [2.05, 4.69) is 15.9 Å². The van der Waals surface area contributed by atoms with Gasteiger partial charge in [0.25, 0.3) is 0 Å². The van der Waals surface area contributed by atoms with E-state index in [0.717, 1.165) is 10.0 Å². The lowest BCUT2D eigenvalue weighted by molar-refractivity contribution is -0.139. The number of rotatable bonds is 5. The van der Waals surface area contributed by atoms with Gasteiger partial charge in [-0.2, -0.15) is 0 Å². The van der Waals surface area contributed by atoms with Crippen molar-refractivity contribution in [3.63, 3.8) is 0 Å². The van der Waals surface area contributed by atoms with Crippen molar-refractivity contribution in [2.24, 2.45) is 5.41 Å². The molecule has 0 fully saturated rings. The predicted octanol–water partition coefficient (Wildman–Crippen LogP) is 3.83. The van der Waals surface area contributed by atoms with E-state index in [4.69, 9.17) is 5.11 Å². The molecule has 0 spiro atoms. The smallest absolute Gasteiger partial charge is 0.303 e. The zero-order valence-corrected chi connectivity index (χ0v) is 12.4. The van der Waals surface area contributed by atoms with Crippen molar-refractivity contribution < 1.29 is 14.7 Å². The monoisotopic (exact) mass is 312 g/mol. The van der Waals surface area contributed by atoms with Gasteiger partial charge in [-0.05, 0) is 24.0 Å². The highest BCUT2D eigenvalue weighted by atomic mass is 79.9. The highest BCUT2D eigenvalue weighted by Crippen LogP contribution is 2.28. The molecule has 0 amide bonds. The summed E-state index contributed by atoms with van der Waals surface area (Å²) in [5.41, 5.74) is 1.16. The van der Waals surface area contributed by atoms with Crippen LogP contribution in [-0.4, -0.2) is 16.9 Å². The Morgan fingerprint density at radius 2 is 1.89 bits per heavy atom. The minimum Gasteiger partial charge on any atom is -0.481 e. The lowest BCUT2D eigenvalue weighted by Crippen LogP contribution is -2.21. The summed E-state index contributed by atoms with van der Waals surface area (Å²) in [5, 5.41) is 8.79. The van der Waals surface area contributed by atoms with Crippen LogP contribution in [0.15, 0.2) is 22.7 Å². The number of carboxylic acid groups (broad SMARTS) is 1. The van der Waals surface area contributed by atoms with Gasteiger partial charge in [0.15, 0.2) is 5.78 Å². The number of aliphatic carboxylic acids is 1. The molecule has 1 aromatic rings. The number of benzene rings is 1. The standard InChI is InChI=1S/C14H17BrO3/c1-9-4-5-10(6-11(9)15)12(16)7-14(2,3)8-13(17)18/h4-6H,7-8H2,1-3H3,(H,17,18). The maximum Gasteiger partial charge on any atom is 0.303 e. The average Bonchev–Trinajstić information content (AvgIpc) is 2.19. The van der Waals surface area contributed by atoms with Crippen molar-refractivity contribution in [1.82, 2.24) is 0 Å². The number of carboxylic acids is 1. The SMILES string of the molecule is Cc1ccc(C(=O)CC(C)(C)CC(=O)O)cc1Br. The molecule has 0 radical (unpaired) electrons. The van der Waals surface area contributed by atoms with Crippen LogP contribution in [0.5, 0.6) is 0 Å². The quantitative estimate of drug-likeness (QED) is 0.841. The Balaban J connectivity index is 2.82. The molecule has 0 heterocycles. The maximum atomic E-state index is 12.1. The molecule has 0 saturated heterocycles. The van der Waals surface area contributed by atoms with Crippen LogP contribution in [-0.2, 0) is 4.79 Å². The molecule has 3 nitrogen and oxygen atoms in total. The topological polar surface area (TPSA) is 54.4 Å². The number of hydrogen-bond acceptors (Lipinski definition) is 2. The number of aryl methyl sites for hydroxylation is 1. The van der Waals surface area contributed by atoms with Crippen LogP contribution in [0.1, 0.15) is 42.6 Å². The van der Waals surface area contributed by atoms with Crippen molar-refractivity contribution >= 4 is 27.7 Å². The summed E-state index contributed by atoms with van der Waals surface area (Å²) in [5.74, 6) is -0.903. The van der Waals surface area contributed by atoms with Crippen molar-refractivity contribution in [1.29, 1.82) is 0 Å². The molecule has 0 aromatic heterocycles. The number of carbonyl (C=O) groups excluding carboxylic acids is 1. The molecule has 98 valence electrons. The number of halogens is 1. The molecule has 1 N–H and O–H groups in total. The van der Waals surface area contributed by atoms with Gasteiger partial charge in [0.2, 0.25) is 0 Å². The van der Waals surface area contributed by atoms with E-state index in [1.54, 1.807) is 26.0 Å². The molecule has 18 heavy (non-hydrogen) atoms. The highest BCUT2D eigenvalue weighted by molar-refractivity contribution is 9.10. The first-order valence-corrected chi connectivity index (χ1v) is 6.52. The van der Waals surface area contributed by atoms with Gasteiger partial charge in [-0.3, -0.25) is 9.59 Å². The Morgan fingerprint density at radius 3 is 2.39 bits per heavy atom. The molecule has 1 aromatic carbocycles. The first kappa shape index (κ1) is 14.9. The fraction of sp³-hybridized carbons (Fsp3) is 0.429. The molecular weight excluding hydrogens is 296 g/mol. The van der Waals surface area contributed by atoms with Crippen LogP contribution in [0.4, 0.5) is 0 Å². The van der Waals surface area contributed by atoms with Gasteiger partial charge in [0, 0.05) is 16.5 Å². The summed E-state index contributed by atoms with van der Waals surface area (Å²) in [7, 11) is 0. The summed E-state index contributed by atoms with van der Waals surface area (Å²) >= 11 is 3.39. The number of hydrogen-bond donors (Lipinski definition) is 1. The molecule has 4 heteroatoms. The molecule has 0 atom stereocenters. The maximum absolute atomic E-state index is 12.1. The zero-order valence-electron chi connectivity index (χ0n) is 10.8. The van der Waals surface area contributed by atoms with Gasteiger partial charge >= 0.3 is 5.97 Å². The molecule has 1 rings (SSSR count). The summed E-state index contributed by atoms with van der Waals surface area (Å²) in [6.45, 7) is 5.54. The fourth-order valence-electron chi connectivity index (χ4n) is 1.77. The van der Waals surface area contributed by atoms with Crippen molar-refractivity contribution in [2.75, 3.05) is 0 Å². The summed E-state index contributed by atoms with van der Waals surface area (Å²) in [6, 6.07) is 5.44. The Kier molecular flexibility index (Phi) is 4.68. The van der Waals surface area contributed by atoms with Crippen LogP contribution in [0.25, 0.3) is 0 Å². The summed E-state index contributed by atoms with van der Waals surface area (Å²) in [6.07, 6.45) is 0.223. The molecule has 0 saturated carbocycles. The average molecular weight is 313 g/mol. The van der Waals surface area contributed by atoms with Crippen molar-refractivity contribution in [3.8, 4) is 0 Å². The lowest BCUT2D eigenvalue weighted by atomic mass is 9.82. The Hall–Kier alpha value is -1.16. The van der Waals surface area contributed by atoms with E-state index in [0.29, 0.717) is 5.56 Å². The Labute approximate surface area is 115 Å². The number of Topliss-reactive ketones (excluding diaryl/α,β-unsaturated/α-hetero) is 1. The summed E-state index contributed by atoms with van der Waals surface area (Å²) < 4.78 is 0.893. The zero-order chi connectivity index (χ0) is 13.9. The van der Waals surface area contributed by atoms with Crippen LogP contribution >= 0.6 is 15.9 Å². The second-order valence-corrected chi connectivity index (χ2v) is 6.15. The van der Waals surface area contributed by atoms with E-state index in [1.165, 1.54) is 0 Å². The minimum atomic E-state index is -0.877. The molecular formula is C14H17BrO3. The third-order valence-electron chi connectivity index (χ3n) is 2.76. The van der Waals surface area contributed by atoms with Crippen LogP contribution in [0.2, 0.25) is 0 Å². The summed E-state index contributed by atoms with van der Waals surface area (Å²) in [4.78, 5) is 22.8. The lowest BCUT2D eigenvalue weighted by Gasteiger charge is -2.21. The van der Waals surface area contributed by atoms with Gasteiger partial charge in [0.1, 0.15) is 0 Å². The van der Waals surface area contributed by atoms with E-state index in [1.807, 2.05) is 13.0 Å². The Bertz CT molecular complexity index is 478. The largest absolute Gasteiger partial charge is 0.481 e. The third kappa shape index (κ3) is 4.26. The van der Waals surface area contributed by atoms with Crippen molar-refractivity contribution in [3.05, 3.63) is 33.8 Å². The minimum absolute atomic E-state index is 0.00816.